The first kappa shape index (κ1) is 14.7. The van der Waals surface area contributed by atoms with E-state index in [1.807, 2.05) is 0 Å². The maximum atomic E-state index is 2.38. The third-order valence-electron chi connectivity index (χ3n) is 3.67. The Hall–Kier alpha value is 0.690. The van der Waals surface area contributed by atoms with Gasteiger partial charge in [-0.3, -0.25) is 0 Å². The Balaban J connectivity index is 0.00000169. The minimum absolute atomic E-state index is 0. The van der Waals surface area contributed by atoms with Gasteiger partial charge < -0.3 is 28.5 Å². The smallest absolute Gasteiger partial charge is 0.0786 e. The van der Waals surface area contributed by atoms with Crippen molar-refractivity contribution in [3.63, 3.8) is 0 Å². The lowest BCUT2D eigenvalue weighted by Crippen LogP contribution is -3.00. The molecule has 0 radical (unpaired) electrons. The van der Waals surface area contributed by atoms with E-state index in [4.69, 9.17) is 0 Å². The maximum Gasteiger partial charge on any atom is 0.0786 e. The largest absolute Gasteiger partial charge is 1.00 e. The second-order valence-corrected chi connectivity index (χ2v) is 4.60. The summed E-state index contributed by atoms with van der Waals surface area (Å²) in [5.74, 6) is 0. The highest BCUT2D eigenvalue weighted by Gasteiger charge is 2.25. The topological polar surface area (TPSA) is 0 Å². The first-order valence-electron chi connectivity index (χ1n) is 6.18. The molecule has 0 spiro atoms. The molecular weight excluding hydrogens is 285 g/mol. The van der Waals surface area contributed by atoms with Gasteiger partial charge in [0.2, 0.25) is 0 Å². The number of nitrogens with zero attached hydrogens (tertiary/aromatic N) is 1. The number of halogens is 1. The molecule has 1 aliphatic rings. The lowest BCUT2D eigenvalue weighted by Gasteiger charge is -2.37. The first-order valence-corrected chi connectivity index (χ1v) is 6.18. The van der Waals surface area contributed by atoms with Crippen molar-refractivity contribution in [3.8, 4) is 0 Å². The van der Waals surface area contributed by atoms with Gasteiger partial charge in [0, 0.05) is 0 Å². The van der Waals surface area contributed by atoms with Crippen LogP contribution in [0.25, 0.3) is 0 Å². The second-order valence-electron chi connectivity index (χ2n) is 4.60. The van der Waals surface area contributed by atoms with Crippen molar-refractivity contribution in [1.82, 2.24) is 0 Å². The van der Waals surface area contributed by atoms with Gasteiger partial charge in [0.25, 0.3) is 0 Å². The molecular formula is C12H26IN. The lowest BCUT2D eigenvalue weighted by atomic mass is 10.2. The molecule has 0 aromatic heterocycles. The highest BCUT2D eigenvalue weighted by atomic mass is 127. The Morgan fingerprint density at radius 1 is 0.929 bits per heavy atom. The normalized spacial score (nSPS) is 21.0. The number of hydrogen-bond donors (Lipinski definition) is 0. The molecule has 1 aliphatic heterocycles. The highest BCUT2D eigenvalue weighted by Crippen LogP contribution is 2.19. The fraction of sp³-hybridized carbons (Fsp3) is 1.00. The number of rotatable bonds is 4. The van der Waals surface area contributed by atoms with Crippen molar-refractivity contribution in [3.05, 3.63) is 0 Å². The molecule has 0 bridgehead atoms. The van der Waals surface area contributed by atoms with Crippen LogP contribution in [-0.4, -0.2) is 30.7 Å². The van der Waals surface area contributed by atoms with Crippen LogP contribution >= 0.6 is 0 Å². The molecule has 1 saturated heterocycles. The third-order valence-corrected chi connectivity index (χ3v) is 3.67. The Morgan fingerprint density at radius 2 is 1.50 bits per heavy atom. The predicted molar refractivity (Wildman–Crippen MR) is 58.8 cm³/mol. The molecule has 1 fully saturated rings. The summed E-state index contributed by atoms with van der Waals surface area (Å²) in [7, 11) is 0. The quantitative estimate of drug-likeness (QED) is 0.514. The van der Waals surface area contributed by atoms with Crippen LogP contribution in [0.2, 0.25) is 0 Å². The average molecular weight is 311 g/mol. The van der Waals surface area contributed by atoms with Crippen LogP contribution in [0.4, 0.5) is 0 Å². The van der Waals surface area contributed by atoms with Crippen molar-refractivity contribution in [2.24, 2.45) is 0 Å². The van der Waals surface area contributed by atoms with Crippen LogP contribution in [0.5, 0.6) is 0 Å². The molecule has 1 heterocycles. The van der Waals surface area contributed by atoms with E-state index < -0.39 is 0 Å². The van der Waals surface area contributed by atoms with Gasteiger partial charge in [-0.15, -0.1) is 0 Å². The van der Waals surface area contributed by atoms with E-state index in [2.05, 4.69) is 13.8 Å². The van der Waals surface area contributed by atoms with Crippen molar-refractivity contribution in [2.45, 2.75) is 52.4 Å². The maximum absolute atomic E-state index is 2.38. The Bertz CT molecular complexity index is 128. The zero-order valence-electron chi connectivity index (χ0n) is 9.90. The summed E-state index contributed by atoms with van der Waals surface area (Å²) in [4.78, 5) is 0. The molecule has 2 heteroatoms. The van der Waals surface area contributed by atoms with Gasteiger partial charge in [-0.2, -0.15) is 0 Å². The van der Waals surface area contributed by atoms with Crippen molar-refractivity contribution < 1.29 is 28.5 Å². The number of quaternary nitrogens is 1. The summed E-state index contributed by atoms with van der Waals surface area (Å²) in [6.45, 7) is 10.4. The minimum atomic E-state index is 0. The van der Waals surface area contributed by atoms with Crippen molar-refractivity contribution in [2.75, 3.05) is 26.2 Å². The predicted octanol–water partition coefficient (Wildman–Crippen LogP) is 0.201. The van der Waals surface area contributed by atoms with Crippen LogP contribution in [0.3, 0.4) is 0 Å². The van der Waals surface area contributed by atoms with Gasteiger partial charge >= 0.3 is 0 Å². The monoisotopic (exact) mass is 311 g/mol. The summed E-state index contributed by atoms with van der Waals surface area (Å²) < 4.78 is 1.42. The van der Waals surface area contributed by atoms with Gasteiger partial charge in [-0.05, 0) is 39.0 Å². The van der Waals surface area contributed by atoms with Gasteiger partial charge in [0.1, 0.15) is 0 Å². The Labute approximate surface area is 107 Å². The Kier molecular flexibility index (Phi) is 8.30. The fourth-order valence-electron chi connectivity index (χ4n) is 2.55. The van der Waals surface area contributed by atoms with Gasteiger partial charge in [-0.25, -0.2) is 0 Å². The molecule has 0 aromatic carbocycles. The SMILES string of the molecule is CCCC[N+]1(CC)CCCCCC1.[I-]. The molecule has 0 N–H and O–H groups in total. The van der Waals surface area contributed by atoms with Crippen molar-refractivity contribution >= 4 is 0 Å². The molecule has 0 atom stereocenters. The summed E-state index contributed by atoms with van der Waals surface area (Å²) in [5, 5.41) is 0. The zero-order valence-corrected chi connectivity index (χ0v) is 12.1. The molecule has 14 heavy (non-hydrogen) atoms. The van der Waals surface area contributed by atoms with Gasteiger partial charge in [-0.1, -0.05) is 13.3 Å². The zero-order chi connectivity index (χ0) is 9.57. The van der Waals surface area contributed by atoms with Crippen LogP contribution in [-0.2, 0) is 0 Å². The molecule has 86 valence electrons. The van der Waals surface area contributed by atoms with Crippen LogP contribution < -0.4 is 24.0 Å². The highest BCUT2D eigenvalue weighted by molar-refractivity contribution is 4.53. The van der Waals surface area contributed by atoms with Gasteiger partial charge in [0.15, 0.2) is 0 Å². The fourth-order valence-corrected chi connectivity index (χ4v) is 2.55. The standard InChI is InChI=1S/C12H26N.HI/c1-3-5-10-13(4-2)11-8-6-7-9-12-13;/h3-12H2,1-2H3;1H/q+1;/p-1. The third kappa shape index (κ3) is 4.47. The molecule has 0 amide bonds. The summed E-state index contributed by atoms with van der Waals surface area (Å²) in [6, 6.07) is 0. The number of likely N-dealkylation sites (tertiary alicyclic amines) is 1. The van der Waals surface area contributed by atoms with E-state index in [-0.39, 0.29) is 24.0 Å². The molecule has 0 saturated carbocycles. The van der Waals surface area contributed by atoms with Crippen LogP contribution in [0, 0.1) is 0 Å². The second kappa shape index (κ2) is 7.91. The van der Waals surface area contributed by atoms with Crippen LogP contribution in [0.15, 0.2) is 0 Å². The van der Waals surface area contributed by atoms with Crippen molar-refractivity contribution in [1.29, 1.82) is 0 Å². The summed E-state index contributed by atoms with van der Waals surface area (Å²) in [5.41, 5.74) is 0. The molecule has 0 unspecified atom stereocenters. The van der Waals surface area contributed by atoms with Crippen LogP contribution in [0.1, 0.15) is 52.4 Å². The number of unbranched alkanes of at least 4 members (excludes halogenated alkanes) is 1. The first-order chi connectivity index (χ1) is 6.33. The van der Waals surface area contributed by atoms with E-state index in [1.165, 1.54) is 69.2 Å². The number of hydrogen-bond acceptors (Lipinski definition) is 0. The minimum Gasteiger partial charge on any atom is -1.00 e. The van der Waals surface area contributed by atoms with Gasteiger partial charge in [0.05, 0.1) is 26.2 Å². The van der Waals surface area contributed by atoms with E-state index in [0.717, 1.165) is 0 Å². The summed E-state index contributed by atoms with van der Waals surface area (Å²) in [6.07, 6.45) is 8.68. The molecule has 0 aliphatic carbocycles. The van der Waals surface area contributed by atoms with E-state index >= 15 is 0 Å². The molecule has 1 rings (SSSR count). The average Bonchev–Trinajstić information content (AvgIpc) is 2.41. The molecule has 0 aromatic rings. The van der Waals surface area contributed by atoms with E-state index in [9.17, 15) is 0 Å². The molecule has 1 nitrogen and oxygen atoms in total. The van der Waals surface area contributed by atoms with E-state index in [0.29, 0.717) is 0 Å². The summed E-state index contributed by atoms with van der Waals surface area (Å²) >= 11 is 0. The lowest BCUT2D eigenvalue weighted by molar-refractivity contribution is -0.926. The Morgan fingerprint density at radius 3 is 1.93 bits per heavy atom. The van der Waals surface area contributed by atoms with E-state index in [1.54, 1.807) is 0 Å².